The number of hydrogen-bond donors (Lipinski definition) is 1. The van der Waals surface area contributed by atoms with Gasteiger partial charge >= 0.3 is 6.36 Å². The summed E-state index contributed by atoms with van der Waals surface area (Å²) < 4.78 is 40.0. The number of hydrogen-bond acceptors (Lipinski definition) is 3. The molecule has 2 rings (SSSR count). The molecular weight excluding hydrogens is 321 g/mol. The molecule has 0 heterocycles. The Morgan fingerprint density at radius 1 is 1.33 bits per heavy atom. The highest BCUT2D eigenvalue weighted by molar-refractivity contribution is 5.76. The van der Waals surface area contributed by atoms with Gasteiger partial charge in [-0.05, 0) is 50.9 Å². The van der Waals surface area contributed by atoms with Crippen LogP contribution in [0.25, 0.3) is 0 Å². The molecule has 4 nitrogen and oxygen atoms in total. The van der Waals surface area contributed by atoms with Gasteiger partial charge in [0.2, 0.25) is 5.91 Å². The van der Waals surface area contributed by atoms with Crippen LogP contribution in [0.1, 0.15) is 31.7 Å². The fourth-order valence-corrected chi connectivity index (χ4v) is 2.45. The Bertz CT molecular complexity index is 542. The average molecular weight is 344 g/mol. The van der Waals surface area contributed by atoms with Gasteiger partial charge in [-0.2, -0.15) is 0 Å². The fraction of sp³-hybridized carbons (Fsp3) is 0.588. The number of alkyl halides is 3. The molecule has 0 aliphatic heterocycles. The summed E-state index contributed by atoms with van der Waals surface area (Å²) in [5, 5.41) is 2.90. The number of nitrogens with zero attached hydrogens (tertiary/aromatic N) is 1. The van der Waals surface area contributed by atoms with E-state index in [9.17, 15) is 18.0 Å². The van der Waals surface area contributed by atoms with Crippen molar-refractivity contribution in [1.82, 2.24) is 10.2 Å². The third-order valence-electron chi connectivity index (χ3n) is 4.21. The highest BCUT2D eigenvalue weighted by atomic mass is 19.4. The molecular formula is C17H23F3N2O2. The van der Waals surface area contributed by atoms with E-state index in [1.54, 1.807) is 0 Å². The van der Waals surface area contributed by atoms with E-state index in [2.05, 4.69) is 28.9 Å². The van der Waals surface area contributed by atoms with E-state index < -0.39 is 6.36 Å². The summed E-state index contributed by atoms with van der Waals surface area (Å²) >= 11 is 0. The van der Waals surface area contributed by atoms with E-state index in [1.807, 2.05) is 0 Å². The molecule has 0 spiro atoms. The second kappa shape index (κ2) is 7.88. The monoisotopic (exact) mass is 344 g/mol. The normalized spacial score (nSPS) is 16.1. The predicted molar refractivity (Wildman–Crippen MR) is 84.7 cm³/mol. The molecule has 0 bridgehead atoms. The summed E-state index contributed by atoms with van der Waals surface area (Å²) in [5.74, 6) is -0.311. The summed E-state index contributed by atoms with van der Waals surface area (Å²) in [4.78, 5) is 14.2. The molecule has 134 valence electrons. The number of amides is 1. The molecule has 1 aromatic carbocycles. The second-order valence-corrected chi connectivity index (χ2v) is 6.24. The van der Waals surface area contributed by atoms with Gasteiger partial charge in [0.15, 0.2) is 0 Å². The lowest BCUT2D eigenvalue weighted by atomic mass is 10.1. The lowest BCUT2D eigenvalue weighted by Crippen LogP contribution is -2.41. The van der Waals surface area contributed by atoms with Crippen LogP contribution in [-0.2, 0) is 11.2 Å². The molecule has 0 saturated heterocycles. The zero-order valence-electron chi connectivity index (χ0n) is 13.9. The number of rotatable bonds is 8. The maximum atomic E-state index is 12.1. The average Bonchev–Trinajstić information content (AvgIpc) is 3.34. The Hall–Kier alpha value is -1.76. The van der Waals surface area contributed by atoms with Crippen molar-refractivity contribution in [1.29, 1.82) is 0 Å². The predicted octanol–water partition coefficient (Wildman–Crippen LogP) is 3.12. The van der Waals surface area contributed by atoms with Crippen LogP contribution in [0.3, 0.4) is 0 Å². The van der Waals surface area contributed by atoms with Crippen LogP contribution in [0.4, 0.5) is 13.2 Å². The number of nitrogens with one attached hydrogen (secondary N) is 1. The quantitative estimate of drug-likeness (QED) is 0.788. The van der Waals surface area contributed by atoms with Crippen LogP contribution < -0.4 is 10.1 Å². The molecule has 0 radical (unpaired) electrons. The highest BCUT2D eigenvalue weighted by Crippen LogP contribution is 2.26. The first-order chi connectivity index (χ1) is 11.2. The van der Waals surface area contributed by atoms with Crippen LogP contribution in [-0.4, -0.2) is 42.8 Å². The Balaban J connectivity index is 1.69. The van der Waals surface area contributed by atoms with Gasteiger partial charge in [-0.1, -0.05) is 12.1 Å². The van der Waals surface area contributed by atoms with Crippen molar-refractivity contribution in [3.63, 3.8) is 0 Å². The van der Waals surface area contributed by atoms with Gasteiger partial charge in [-0.3, -0.25) is 9.69 Å². The number of carbonyl (C=O) groups excluding carboxylic acids is 1. The van der Waals surface area contributed by atoms with E-state index in [0.29, 0.717) is 31.5 Å². The third-order valence-corrected chi connectivity index (χ3v) is 4.21. The number of aryl methyl sites for hydroxylation is 1. The van der Waals surface area contributed by atoms with E-state index in [-0.39, 0.29) is 11.7 Å². The Labute approximate surface area is 140 Å². The molecule has 7 heteroatoms. The maximum Gasteiger partial charge on any atom is 0.573 e. The first kappa shape index (κ1) is 18.6. The minimum absolute atomic E-state index is 0.0540. The summed E-state index contributed by atoms with van der Waals surface area (Å²) in [6.45, 7) is 2.68. The van der Waals surface area contributed by atoms with Gasteiger partial charge in [0, 0.05) is 25.0 Å². The topological polar surface area (TPSA) is 41.6 Å². The number of halogens is 3. The van der Waals surface area contributed by atoms with E-state index in [0.717, 1.165) is 5.56 Å². The first-order valence-corrected chi connectivity index (χ1v) is 8.08. The van der Waals surface area contributed by atoms with Gasteiger partial charge in [0.1, 0.15) is 5.75 Å². The van der Waals surface area contributed by atoms with Crippen LogP contribution in [0, 0.1) is 0 Å². The second-order valence-electron chi connectivity index (χ2n) is 6.24. The number of ether oxygens (including phenoxy) is 1. The molecule has 24 heavy (non-hydrogen) atoms. The molecule has 1 aliphatic carbocycles. The van der Waals surface area contributed by atoms with Crippen LogP contribution in [0.15, 0.2) is 24.3 Å². The Kier molecular flexibility index (Phi) is 6.10. The molecule has 1 unspecified atom stereocenters. The summed E-state index contributed by atoms with van der Waals surface area (Å²) in [5.41, 5.74) is 0.794. The summed E-state index contributed by atoms with van der Waals surface area (Å²) in [6.07, 6.45) is -1.46. The van der Waals surface area contributed by atoms with Crippen molar-refractivity contribution in [3.05, 3.63) is 29.8 Å². The van der Waals surface area contributed by atoms with Crippen molar-refractivity contribution in [2.75, 3.05) is 13.6 Å². The van der Waals surface area contributed by atoms with Crippen molar-refractivity contribution in [2.45, 2.75) is 51.1 Å². The first-order valence-electron chi connectivity index (χ1n) is 8.08. The minimum Gasteiger partial charge on any atom is -0.406 e. The molecule has 1 saturated carbocycles. The van der Waals surface area contributed by atoms with E-state index in [1.165, 1.54) is 37.1 Å². The summed E-state index contributed by atoms with van der Waals surface area (Å²) in [6, 6.07) is 6.53. The maximum absolute atomic E-state index is 12.1. The third kappa shape index (κ3) is 6.39. The van der Waals surface area contributed by atoms with Crippen LogP contribution in [0.5, 0.6) is 5.75 Å². The van der Waals surface area contributed by atoms with E-state index >= 15 is 0 Å². The lowest BCUT2D eigenvalue weighted by Gasteiger charge is -2.24. The number of carbonyl (C=O) groups is 1. The van der Waals surface area contributed by atoms with Gasteiger partial charge < -0.3 is 10.1 Å². The SMILES string of the molecule is CC(CNC(=O)CCc1ccc(OC(F)(F)F)cc1)N(C)C1CC1. The Morgan fingerprint density at radius 3 is 2.50 bits per heavy atom. The standard InChI is InChI=1S/C17H23F3N2O2/c1-12(22(2)14-6-7-14)11-21-16(23)10-5-13-3-8-15(9-4-13)24-17(18,19)20/h3-4,8-9,12,14H,5-7,10-11H2,1-2H3,(H,21,23). The molecule has 1 aromatic rings. The van der Waals surface area contributed by atoms with Gasteiger partial charge in [-0.25, -0.2) is 0 Å². The molecule has 1 aliphatic rings. The van der Waals surface area contributed by atoms with E-state index in [4.69, 9.17) is 0 Å². The minimum atomic E-state index is -4.69. The van der Waals surface area contributed by atoms with Crippen molar-refractivity contribution >= 4 is 5.91 Å². The zero-order chi connectivity index (χ0) is 17.7. The van der Waals surface area contributed by atoms with Crippen molar-refractivity contribution in [3.8, 4) is 5.75 Å². The largest absolute Gasteiger partial charge is 0.573 e. The number of likely N-dealkylation sites (N-methyl/N-ethyl adjacent to an activating group) is 1. The zero-order valence-corrected chi connectivity index (χ0v) is 13.9. The molecule has 1 fully saturated rings. The van der Waals surface area contributed by atoms with Gasteiger partial charge in [0.05, 0.1) is 0 Å². The van der Waals surface area contributed by atoms with Gasteiger partial charge in [0.25, 0.3) is 0 Å². The molecule has 0 aromatic heterocycles. The smallest absolute Gasteiger partial charge is 0.406 e. The van der Waals surface area contributed by atoms with Crippen LogP contribution in [0.2, 0.25) is 0 Å². The van der Waals surface area contributed by atoms with Crippen LogP contribution >= 0.6 is 0 Å². The molecule has 1 amide bonds. The molecule has 1 atom stereocenters. The van der Waals surface area contributed by atoms with Crippen molar-refractivity contribution < 1.29 is 22.7 Å². The summed E-state index contributed by atoms with van der Waals surface area (Å²) in [7, 11) is 2.07. The lowest BCUT2D eigenvalue weighted by molar-refractivity contribution is -0.274. The van der Waals surface area contributed by atoms with Gasteiger partial charge in [-0.15, -0.1) is 13.2 Å². The molecule has 1 N–H and O–H groups in total. The van der Waals surface area contributed by atoms with Crippen molar-refractivity contribution in [2.24, 2.45) is 0 Å². The fourth-order valence-electron chi connectivity index (χ4n) is 2.45. The number of benzene rings is 1. The Morgan fingerprint density at radius 2 is 1.96 bits per heavy atom. The highest BCUT2D eigenvalue weighted by Gasteiger charge is 2.31.